The maximum absolute atomic E-state index is 12.1. The molecule has 0 saturated heterocycles. The van der Waals surface area contributed by atoms with Crippen molar-refractivity contribution in [2.45, 2.75) is 20.3 Å². The van der Waals surface area contributed by atoms with Gasteiger partial charge in [-0.15, -0.1) is 0 Å². The second-order valence-electron chi connectivity index (χ2n) is 4.45. The van der Waals surface area contributed by atoms with Gasteiger partial charge in [0, 0.05) is 6.54 Å². The molecule has 0 unspecified atom stereocenters. The normalized spacial score (nSPS) is 10.0. The molecular weight excluding hydrogens is 272 g/mol. The zero-order chi connectivity index (χ0) is 15.7. The molecule has 1 aromatic rings. The zero-order valence-corrected chi connectivity index (χ0v) is 12.5. The molecule has 0 atom stereocenters. The summed E-state index contributed by atoms with van der Waals surface area (Å²) in [6.45, 7) is 4.21. The van der Waals surface area contributed by atoms with Gasteiger partial charge in [0.25, 0.3) is 5.91 Å². The van der Waals surface area contributed by atoms with Crippen LogP contribution in [0.5, 0.6) is 5.75 Å². The fraction of sp³-hybridized carbons (Fsp3) is 0.467. The van der Waals surface area contributed by atoms with Gasteiger partial charge in [-0.05, 0) is 25.5 Å². The molecule has 6 nitrogen and oxygen atoms in total. The Morgan fingerprint density at radius 3 is 2.57 bits per heavy atom. The SMILES string of the molecule is CCCN(CC(=O)OCC)C(=O)COc1ccccc1N. The molecule has 21 heavy (non-hydrogen) atoms. The van der Waals surface area contributed by atoms with Crippen LogP contribution in [-0.2, 0) is 14.3 Å². The number of para-hydroxylation sites is 2. The third-order valence-corrected chi connectivity index (χ3v) is 2.74. The first kappa shape index (κ1) is 16.8. The highest BCUT2D eigenvalue weighted by molar-refractivity contribution is 5.83. The van der Waals surface area contributed by atoms with Crippen LogP contribution in [0.15, 0.2) is 24.3 Å². The van der Waals surface area contributed by atoms with E-state index in [2.05, 4.69) is 0 Å². The number of hydrogen-bond acceptors (Lipinski definition) is 5. The van der Waals surface area contributed by atoms with E-state index in [9.17, 15) is 9.59 Å². The van der Waals surface area contributed by atoms with Crippen LogP contribution in [-0.4, -0.2) is 43.1 Å². The van der Waals surface area contributed by atoms with Gasteiger partial charge in [-0.1, -0.05) is 19.1 Å². The second-order valence-corrected chi connectivity index (χ2v) is 4.45. The van der Waals surface area contributed by atoms with Crippen molar-refractivity contribution in [3.05, 3.63) is 24.3 Å². The minimum Gasteiger partial charge on any atom is -0.482 e. The summed E-state index contributed by atoms with van der Waals surface area (Å²) in [5.41, 5.74) is 6.21. The third-order valence-electron chi connectivity index (χ3n) is 2.74. The Morgan fingerprint density at radius 1 is 1.24 bits per heavy atom. The Bertz CT molecular complexity index is 476. The second kappa shape index (κ2) is 8.84. The van der Waals surface area contributed by atoms with E-state index in [0.29, 0.717) is 24.6 Å². The van der Waals surface area contributed by atoms with E-state index in [1.54, 1.807) is 31.2 Å². The van der Waals surface area contributed by atoms with Crippen molar-refractivity contribution >= 4 is 17.6 Å². The molecule has 6 heteroatoms. The highest BCUT2D eigenvalue weighted by Gasteiger charge is 2.17. The van der Waals surface area contributed by atoms with Gasteiger partial charge in [0.15, 0.2) is 6.61 Å². The monoisotopic (exact) mass is 294 g/mol. The number of nitrogens with two attached hydrogens (primary N) is 1. The van der Waals surface area contributed by atoms with Crippen molar-refractivity contribution in [1.29, 1.82) is 0 Å². The first-order valence-corrected chi connectivity index (χ1v) is 6.99. The van der Waals surface area contributed by atoms with Crippen LogP contribution in [0.2, 0.25) is 0 Å². The summed E-state index contributed by atoms with van der Waals surface area (Å²) < 4.78 is 10.3. The molecule has 1 rings (SSSR count). The van der Waals surface area contributed by atoms with E-state index in [4.69, 9.17) is 15.2 Å². The van der Waals surface area contributed by atoms with Crippen molar-refractivity contribution in [2.24, 2.45) is 0 Å². The zero-order valence-electron chi connectivity index (χ0n) is 12.5. The minimum atomic E-state index is -0.418. The molecule has 0 aliphatic carbocycles. The number of esters is 1. The van der Waals surface area contributed by atoms with Crippen molar-refractivity contribution in [2.75, 3.05) is 32.0 Å². The third kappa shape index (κ3) is 5.72. The lowest BCUT2D eigenvalue weighted by Crippen LogP contribution is -2.39. The molecular formula is C15H22N2O4. The number of carbonyl (C=O) groups excluding carboxylic acids is 2. The Labute approximate surface area is 124 Å². The number of benzene rings is 1. The maximum atomic E-state index is 12.1. The summed E-state index contributed by atoms with van der Waals surface area (Å²) in [6, 6.07) is 6.95. The lowest BCUT2D eigenvalue weighted by molar-refractivity contribution is -0.149. The molecule has 2 N–H and O–H groups in total. The summed E-state index contributed by atoms with van der Waals surface area (Å²) in [7, 11) is 0. The molecule has 0 spiro atoms. The highest BCUT2D eigenvalue weighted by atomic mass is 16.5. The Balaban J connectivity index is 2.56. The number of rotatable bonds is 8. The van der Waals surface area contributed by atoms with E-state index < -0.39 is 5.97 Å². The molecule has 0 radical (unpaired) electrons. The van der Waals surface area contributed by atoms with Crippen molar-refractivity contribution in [3.63, 3.8) is 0 Å². The van der Waals surface area contributed by atoms with Crippen molar-refractivity contribution in [1.82, 2.24) is 4.90 Å². The molecule has 0 heterocycles. The fourth-order valence-corrected chi connectivity index (χ4v) is 1.77. The molecule has 1 amide bonds. The van der Waals surface area contributed by atoms with Crippen molar-refractivity contribution < 1.29 is 19.1 Å². The van der Waals surface area contributed by atoms with Crippen LogP contribution in [0.3, 0.4) is 0 Å². The van der Waals surface area contributed by atoms with Gasteiger partial charge in [0.05, 0.1) is 12.3 Å². The highest BCUT2D eigenvalue weighted by Crippen LogP contribution is 2.19. The predicted octanol–water partition coefficient (Wildman–Crippen LogP) is 1.45. The number of ether oxygens (including phenoxy) is 2. The van der Waals surface area contributed by atoms with Gasteiger partial charge in [0.1, 0.15) is 12.3 Å². The summed E-state index contributed by atoms with van der Waals surface area (Å²) in [6.07, 6.45) is 0.749. The lowest BCUT2D eigenvalue weighted by atomic mass is 10.3. The van der Waals surface area contributed by atoms with E-state index in [0.717, 1.165) is 6.42 Å². The Morgan fingerprint density at radius 2 is 1.95 bits per heavy atom. The molecule has 1 aromatic carbocycles. The number of hydrogen-bond donors (Lipinski definition) is 1. The summed E-state index contributed by atoms with van der Waals surface area (Å²) in [4.78, 5) is 25.0. The van der Waals surface area contributed by atoms with Gasteiger partial charge in [0.2, 0.25) is 0 Å². The lowest BCUT2D eigenvalue weighted by Gasteiger charge is -2.21. The summed E-state index contributed by atoms with van der Waals surface area (Å²) in [5.74, 6) is -0.231. The largest absolute Gasteiger partial charge is 0.482 e. The minimum absolute atomic E-state index is 0.0614. The first-order chi connectivity index (χ1) is 10.1. The van der Waals surface area contributed by atoms with Crippen LogP contribution in [0.1, 0.15) is 20.3 Å². The molecule has 0 aliphatic rings. The van der Waals surface area contributed by atoms with Crippen LogP contribution in [0, 0.1) is 0 Å². The van der Waals surface area contributed by atoms with Gasteiger partial charge in [-0.2, -0.15) is 0 Å². The van der Waals surface area contributed by atoms with Crippen LogP contribution in [0.25, 0.3) is 0 Å². The molecule has 116 valence electrons. The molecule has 0 aromatic heterocycles. The van der Waals surface area contributed by atoms with E-state index in [1.165, 1.54) is 4.90 Å². The number of nitrogen functional groups attached to an aromatic ring is 1. The predicted molar refractivity (Wildman–Crippen MR) is 79.9 cm³/mol. The number of anilines is 1. The average Bonchev–Trinajstić information content (AvgIpc) is 2.46. The summed E-state index contributed by atoms with van der Waals surface area (Å²) >= 11 is 0. The molecule has 0 fully saturated rings. The quantitative estimate of drug-likeness (QED) is 0.579. The Hall–Kier alpha value is -2.24. The maximum Gasteiger partial charge on any atom is 0.325 e. The topological polar surface area (TPSA) is 81.9 Å². The van der Waals surface area contributed by atoms with Gasteiger partial charge in [-0.25, -0.2) is 0 Å². The smallest absolute Gasteiger partial charge is 0.325 e. The standard InChI is InChI=1S/C15H22N2O4/c1-3-9-17(10-15(19)20-4-2)14(18)11-21-13-8-6-5-7-12(13)16/h5-8H,3-4,9-11,16H2,1-2H3. The Kier molecular flexibility index (Phi) is 7.08. The summed E-state index contributed by atoms with van der Waals surface area (Å²) in [5, 5.41) is 0. The molecule has 0 bridgehead atoms. The number of carbonyl (C=O) groups is 2. The number of nitrogens with zero attached hydrogens (tertiary/aromatic N) is 1. The first-order valence-electron chi connectivity index (χ1n) is 6.99. The van der Waals surface area contributed by atoms with Crippen LogP contribution < -0.4 is 10.5 Å². The van der Waals surface area contributed by atoms with Crippen LogP contribution in [0.4, 0.5) is 5.69 Å². The number of amides is 1. The van der Waals surface area contributed by atoms with E-state index in [1.807, 2.05) is 6.92 Å². The molecule has 0 saturated carbocycles. The van der Waals surface area contributed by atoms with Gasteiger partial charge >= 0.3 is 5.97 Å². The molecule has 0 aliphatic heterocycles. The van der Waals surface area contributed by atoms with Crippen molar-refractivity contribution in [3.8, 4) is 5.75 Å². The van der Waals surface area contributed by atoms with E-state index in [-0.39, 0.29) is 19.1 Å². The van der Waals surface area contributed by atoms with Gasteiger partial charge < -0.3 is 20.1 Å². The average molecular weight is 294 g/mol. The van der Waals surface area contributed by atoms with Gasteiger partial charge in [-0.3, -0.25) is 9.59 Å². The van der Waals surface area contributed by atoms with Crippen LogP contribution >= 0.6 is 0 Å². The van der Waals surface area contributed by atoms with E-state index >= 15 is 0 Å². The fourth-order valence-electron chi connectivity index (χ4n) is 1.77.